The van der Waals surface area contributed by atoms with E-state index in [-0.39, 0.29) is 0 Å². The highest BCUT2D eigenvalue weighted by Gasteiger charge is 2.06. The van der Waals surface area contributed by atoms with Crippen LogP contribution in [0.2, 0.25) is 5.02 Å². The molecule has 80 valence electrons. The molecule has 4 heteroatoms. The lowest BCUT2D eigenvalue weighted by Crippen LogP contribution is -1.71. The molecule has 3 rings (SSSR count). The monoisotopic (exact) mass is 265 g/mol. The summed E-state index contributed by atoms with van der Waals surface area (Å²) in [6, 6.07) is 10.1. The Balaban J connectivity index is 1.98. The average Bonchev–Trinajstić information content (AvgIpc) is 2.83. The number of aromatic nitrogens is 1. The highest BCUT2D eigenvalue weighted by molar-refractivity contribution is 7.99. The van der Waals surface area contributed by atoms with Gasteiger partial charge in [0.05, 0.1) is 0 Å². The summed E-state index contributed by atoms with van der Waals surface area (Å²) in [5, 5.41) is 4.17. The molecule has 0 fully saturated rings. The maximum atomic E-state index is 5.96. The van der Waals surface area contributed by atoms with Crippen LogP contribution in [0.1, 0.15) is 0 Å². The summed E-state index contributed by atoms with van der Waals surface area (Å²) >= 11 is 9.42. The van der Waals surface area contributed by atoms with Gasteiger partial charge in [-0.2, -0.15) is 0 Å². The van der Waals surface area contributed by atoms with Crippen LogP contribution in [-0.2, 0) is 0 Å². The van der Waals surface area contributed by atoms with Crippen LogP contribution in [0, 0.1) is 0 Å². The second-order valence-electron chi connectivity index (χ2n) is 3.38. The summed E-state index contributed by atoms with van der Waals surface area (Å²) in [6.07, 6.45) is 2.05. The van der Waals surface area contributed by atoms with Crippen molar-refractivity contribution in [2.45, 2.75) is 9.79 Å². The highest BCUT2D eigenvalue weighted by atomic mass is 35.5. The molecule has 0 saturated heterocycles. The van der Waals surface area contributed by atoms with Crippen LogP contribution in [0.3, 0.4) is 0 Å². The molecule has 0 spiro atoms. The zero-order valence-corrected chi connectivity index (χ0v) is 10.6. The van der Waals surface area contributed by atoms with Gasteiger partial charge in [0.1, 0.15) is 4.83 Å². The molecule has 0 radical (unpaired) electrons. The lowest BCUT2D eigenvalue weighted by Gasteiger charge is -1.99. The summed E-state index contributed by atoms with van der Waals surface area (Å²) in [4.78, 5) is 6.91. The van der Waals surface area contributed by atoms with Crippen molar-refractivity contribution in [2.24, 2.45) is 0 Å². The van der Waals surface area contributed by atoms with Crippen molar-refractivity contribution in [1.29, 1.82) is 0 Å². The molecule has 0 bridgehead atoms. The molecule has 1 aromatic carbocycles. The Kier molecular flexibility index (Phi) is 2.67. The summed E-state index contributed by atoms with van der Waals surface area (Å²) in [5.74, 6) is 0. The van der Waals surface area contributed by atoms with E-state index >= 15 is 0 Å². The molecule has 0 unspecified atom stereocenters. The van der Waals surface area contributed by atoms with Gasteiger partial charge in [-0.05, 0) is 29.6 Å². The molecule has 1 N–H and O–H groups in total. The van der Waals surface area contributed by atoms with E-state index in [1.54, 1.807) is 23.1 Å². The minimum atomic E-state index is 0.780. The van der Waals surface area contributed by atoms with E-state index in [2.05, 4.69) is 22.5 Å². The van der Waals surface area contributed by atoms with Gasteiger partial charge >= 0.3 is 0 Å². The van der Waals surface area contributed by atoms with E-state index in [4.69, 9.17) is 11.6 Å². The molecular weight excluding hydrogens is 258 g/mol. The van der Waals surface area contributed by atoms with Crippen molar-refractivity contribution >= 4 is 44.9 Å². The molecule has 2 heterocycles. The summed E-state index contributed by atoms with van der Waals surface area (Å²) < 4.78 is 0. The number of fused-ring (bicyclic) bond motifs is 1. The van der Waals surface area contributed by atoms with Gasteiger partial charge in [0, 0.05) is 26.4 Å². The minimum Gasteiger partial charge on any atom is -0.352 e. The first-order chi connectivity index (χ1) is 7.83. The van der Waals surface area contributed by atoms with Crippen LogP contribution < -0.4 is 0 Å². The molecule has 0 amide bonds. The van der Waals surface area contributed by atoms with Crippen LogP contribution >= 0.6 is 34.7 Å². The lowest BCUT2D eigenvalue weighted by atomic mass is 10.4. The van der Waals surface area contributed by atoms with Crippen molar-refractivity contribution < 1.29 is 0 Å². The molecule has 16 heavy (non-hydrogen) atoms. The van der Waals surface area contributed by atoms with Gasteiger partial charge in [0.15, 0.2) is 0 Å². The predicted octanol–water partition coefficient (Wildman–Crippen LogP) is 5.03. The van der Waals surface area contributed by atoms with Crippen LogP contribution in [-0.4, -0.2) is 4.98 Å². The van der Waals surface area contributed by atoms with Crippen LogP contribution in [0.5, 0.6) is 0 Å². The molecule has 1 nitrogen and oxygen atoms in total. The number of benzene rings is 1. The van der Waals surface area contributed by atoms with Gasteiger partial charge < -0.3 is 4.98 Å². The quantitative estimate of drug-likeness (QED) is 0.687. The van der Waals surface area contributed by atoms with Gasteiger partial charge in [0.2, 0.25) is 0 Å². The highest BCUT2D eigenvalue weighted by Crippen LogP contribution is 2.36. The number of hydrogen-bond acceptors (Lipinski definition) is 2. The molecule has 0 atom stereocenters. The van der Waals surface area contributed by atoms with Gasteiger partial charge in [-0.25, -0.2) is 0 Å². The zero-order chi connectivity index (χ0) is 11.0. The Morgan fingerprint density at radius 2 is 2.19 bits per heavy atom. The molecule has 0 aliphatic rings. The van der Waals surface area contributed by atoms with Gasteiger partial charge in [-0.3, -0.25) is 0 Å². The Hall–Kier alpha value is -0.900. The van der Waals surface area contributed by atoms with Crippen LogP contribution in [0.25, 0.3) is 10.2 Å². The van der Waals surface area contributed by atoms with Crippen molar-refractivity contribution in [3.8, 4) is 0 Å². The van der Waals surface area contributed by atoms with Crippen LogP contribution in [0.4, 0.5) is 0 Å². The van der Waals surface area contributed by atoms with E-state index in [9.17, 15) is 0 Å². The Bertz CT molecular complexity index is 627. The minimum absolute atomic E-state index is 0.780. The summed E-state index contributed by atoms with van der Waals surface area (Å²) in [6.45, 7) is 0. The average molecular weight is 266 g/mol. The van der Waals surface area contributed by atoms with Gasteiger partial charge in [0.25, 0.3) is 0 Å². The molecular formula is C12H8ClNS2. The second-order valence-corrected chi connectivity index (χ2v) is 5.84. The molecule has 3 aromatic rings. The van der Waals surface area contributed by atoms with Gasteiger partial charge in [-0.1, -0.05) is 29.4 Å². The fourth-order valence-electron chi connectivity index (χ4n) is 1.57. The molecule has 0 aliphatic heterocycles. The fraction of sp³-hybridized carbons (Fsp3) is 0. The molecule has 0 aliphatic carbocycles. The normalized spacial score (nSPS) is 11.1. The number of nitrogens with one attached hydrogen (secondary N) is 1. The predicted molar refractivity (Wildman–Crippen MR) is 71.8 cm³/mol. The smallest absolute Gasteiger partial charge is 0.101 e. The fourth-order valence-corrected chi connectivity index (χ4v) is 3.64. The Morgan fingerprint density at radius 3 is 3.06 bits per heavy atom. The van der Waals surface area contributed by atoms with Crippen molar-refractivity contribution in [1.82, 2.24) is 4.98 Å². The Labute approximate surface area is 106 Å². The van der Waals surface area contributed by atoms with E-state index < -0.39 is 0 Å². The molecule has 2 aromatic heterocycles. The number of thiophene rings is 1. The van der Waals surface area contributed by atoms with Crippen molar-refractivity contribution in [3.05, 3.63) is 46.9 Å². The maximum absolute atomic E-state index is 5.96. The van der Waals surface area contributed by atoms with E-state index in [1.165, 1.54) is 20.0 Å². The largest absolute Gasteiger partial charge is 0.352 e. The first-order valence-corrected chi connectivity index (χ1v) is 6.88. The number of aromatic amines is 1. The number of H-pyrrole nitrogens is 1. The SMILES string of the molecule is Clc1cccc(Sc2c[nH]c3sccc23)c1. The lowest BCUT2D eigenvalue weighted by molar-refractivity contribution is 1.40. The van der Waals surface area contributed by atoms with E-state index in [0.29, 0.717) is 0 Å². The Morgan fingerprint density at radius 1 is 1.25 bits per heavy atom. The van der Waals surface area contributed by atoms with Gasteiger partial charge in [-0.15, -0.1) is 11.3 Å². The van der Waals surface area contributed by atoms with E-state index in [1.807, 2.05) is 24.4 Å². The number of halogens is 1. The first-order valence-electron chi connectivity index (χ1n) is 4.81. The molecule has 0 saturated carbocycles. The van der Waals surface area contributed by atoms with Crippen molar-refractivity contribution in [3.63, 3.8) is 0 Å². The summed E-state index contributed by atoms with van der Waals surface area (Å²) in [7, 11) is 0. The van der Waals surface area contributed by atoms with E-state index in [0.717, 1.165) is 5.02 Å². The number of rotatable bonds is 2. The second kappa shape index (κ2) is 4.17. The topological polar surface area (TPSA) is 15.8 Å². The third kappa shape index (κ3) is 1.86. The third-order valence-corrected chi connectivity index (χ3v) is 4.42. The maximum Gasteiger partial charge on any atom is 0.101 e. The number of hydrogen-bond donors (Lipinski definition) is 1. The standard InChI is InChI=1S/C12H8ClNS2/c13-8-2-1-3-9(6-8)16-11-7-14-12-10(11)4-5-15-12/h1-7,14H. The third-order valence-electron chi connectivity index (χ3n) is 2.29. The van der Waals surface area contributed by atoms with Crippen LogP contribution in [0.15, 0.2) is 51.7 Å². The summed E-state index contributed by atoms with van der Waals surface area (Å²) in [5.41, 5.74) is 0. The zero-order valence-electron chi connectivity index (χ0n) is 8.24. The van der Waals surface area contributed by atoms with Crippen molar-refractivity contribution in [2.75, 3.05) is 0 Å². The first kappa shape index (κ1) is 10.3.